The van der Waals surface area contributed by atoms with Gasteiger partial charge < -0.3 is 5.73 Å². The van der Waals surface area contributed by atoms with Crippen molar-refractivity contribution in [3.63, 3.8) is 0 Å². The van der Waals surface area contributed by atoms with E-state index in [1.54, 1.807) is 0 Å². The maximum absolute atomic E-state index is 13.0. The lowest BCUT2D eigenvalue weighted by atomic mass is 10.1. The fourth-order valence-electron chi connectivity index (χ4n) is 0.890. The van der Waals surface area contributed by atoms with Crippen molar-refractivity contribution in [2.75, 3.05) is 0 Å². The van der Waals surface area contributed by atoms with Gasteiger partial charge in [-0.2, -0.15) is 0 Å². The second-order valence-electron chi connectivity index (χ2n) is 2.53. The summed E-state index contributed by atoms with van der Waals surface area (Å²) in [7, 11) is 0. The third-order valence-electron chi connectivity index (χ3n) is 1.59. The molecule has 1 aromatic rings. The van der Waals surface area contributed by atoms with E-state index < -0.39 is 28.2 Å². The highest BCUT2D eigenvalue weighted by molar-refractivity contribution is 9.09. The van der Waals surface area contributed by atoms with Gasteiger partial charge in [0.15, 0.2) is 17.5 Å². The van der Waals surface area contributed by atoms with Crippen LogP contribution in [0.25, 0.3) is 0 Å². The number of halogens is 4. The third kappa shape index (κ3) is 1.89. The number of nitrogens with two attached hydrogens (primary N) is 1. The number of primary amides is 1. The van der Waals surface area contributed by atoms with Crippen molar-refractivity contribution in [3.8, 4) is 0 Å². The molecule has 2 N–H and O–H groups in total. The van der Waals surface area contributed by atoms with E-state index in [1.165, 1.54) is 0 Å². The predicted molar refractivity (Wildman–Crippen MR) is 47.2 cm³/mol. The Morgan fingerprint density at radius 2 is 1.86 bits per heavy atom. The first-order chi connectivity index (χ1) is 6.45. The van der Waals surface area contributed by atoms with Crippen molar-refractivity contribution in [2.24, 2.45) is 5.73 Å². The summed E-state index contributed by atoms with van der Waals surface area (Å²) in [6.07, 6.45) is 0. The van der Waals surface area contributed by atoms with Gasteiger partial charge in [0.05, 0.1) is 0 Å². The van der Waals surface area contributed by atoms with Gasteiger partial charge in [-0.25, -0.2) is 13.2 Å². The lowest BCUT2D eigenvalue weighted by molar-refractivity contribution is -0.117. The van der Waals surface area contributed by atoms with Crippen molar-refractivity contribution < 1.29 is 18.0 Å². The van der Waals surface area contributed by atoms with Gasteiger partial charge in [0, 0.05) is 5.56 Å². The lowest BCUT2D eigenvalue weighted by Gasteiger charge is -2.07. The first kappa shape index (κ1) is 11.0. The predicted octanol–water partition coefficient (Wildman–Crippen LogP) is 2.03. The van der Waals surface area contributed by atoms with Gasteiger partial charge in [-0.1, -0.05) is 22.0 Å². The van der Waals surface area contributed by atoms with E-state index in [0.29, 0.717) is 0 Å². The minimum absolute atomic E-state index is 0.323. The number of hydrogen-bond acceptors (Lipinski definition) is 1. The van der Waals surface area contributed by atoms with Crippen LogP contribution in [0.3, 0.4) is 0 Å². The highest BCUT2D eigenvalue weighted by Crippen LogP contribution is 2.27. The average molecular weight is 268 g/mol. The number of rotatable bonds is 2. The molecular formula is C8H5BrF3NO. The number of carbonyl (C=O) groups excluding carboxylic acids is 1. The smallest absolute Gasteiger partial charge is 0.235 e. The molecule has 0 radical (unpaired) electrons. The average Bonchev–Trinajstić information content (AvgIpc) is 2.13. The maximum atomic E-state index is 13.0. The summed E-state index contributed by atoms with van der Waals surface area (Å²) < 4.78 is 38.2. The Bertz CT molecular complexity index is 383. The SMILES string of the molecule is NC(=O)C(Br)c1ccc(F)c(F)c1F. The van der Waals surface area contributed by atoms with Crippen LogP contribution in [0.2, 0.25) is 0 Å². The highest BCUT2D eigenvalue weighted by Gasteiger charge is 2.22. The molecule has 2 nitrogen and oxygen atoms in total. The normalized spacial score (nSPS) is 12.6. The molecule has 0 spiro atoms. The summed E-state index contributed by atoms with van der Waals surface area (Å²) in [5.74, 6) is -5.22. The fourth-order valence-corrected chi connectivity index (χ4v) is 1.24. The van der Waals surface area contributed by atoms with Crippen molar-refractivity contribution in [1.82, 2.24) is 0 Å². The molecule has 0 aromatic heterocycles. The number of hydrogen-bond donors (Lipinski definition) is 1. The first-order valence-electron chi connectivity index (χ1n) is 3.52. The van der Waals surface area contributed by atoms with E-state index in [0.717, 1.165) is 12.1 Å². The molecule has 0 aliphatic heterocycles. The number of benzene rings is 1. The summed E-state index contributed by atoms with van der Waals surface area (Å²) in [5.41, 5.74) is 4.53. The summed E-state index contributed by atoms with van der Waals surface area (Å²) in [6, 6.07) is 1.68. The van der Waals surface area contributed by atoms with E-state index in [1.807, 2.05) is 0 Å². The Hall–Kier alpha value is -1.04. The van der Waals surface area contributed by atoms with Crippen LogP contribution in [0.4, 0.5) is 13.2 Å². The molecule has 0 saturated carbocycles. The zero-order valence-electron chi connectivity index (χ0n) is 6.73. The van der Waals surface area contributed by atoms with Gasteiger partial charge in [0.25, 0.3) is 0 Å². The summed E-state index contributed by atoms with van der Waals surface area (Å²) in [5, 5.41) is 0. The van der Waals surface area contributed by atoms with E-state index in [2.05, 4.69) is 15.9 Å². The van der Waals surface area contributed by atoms with Gasteiger partial charge in [-0.15, -0.1) is 0 Å². The first-order valence-corrected chi connectivity index (χ1v) is 4.43. The summed E-state index contributed by atoms with van der Waals surface area (Å²) >= 11 is 2.76. The van der Waals surface area contributed by atoms with Crippen LogP contribution in [0, 0.1) is 17.5 Å². The van der Waals surface area contributed by atoms with Crippen molar-refractivity contribution >= 4 is 21.8 Å². The second kappa shape index (κ2) is 4.00. The van der Waals surface area contributed by atoms with Crippen molar-refractivity contribution in [3.05, 3.63) is 35.1 Å². The third-order valence-corrected chi connectivity index (χ3v) is 2.53. The zero-order valence-corrected chi connectivity index (χ0v) is 8.32. The summed E-state index contributed by atoms with van der Waals surface area (Å²) in [6.45, 7) is 0. The highest BCUT2D eigenvalue weighted by atomic mass is 79.9. The molecule has 0 saturated heterocycles. The van der Waals surface area contributed by atoms with Gasteiger partial charge in [0.1, 0.15) is 4.83 Å². The standard InChI is InChI=1S/C8H5BrF3NO/c9-5(8(13)14)3-1-2-4(10)7(12)6(3)11/h1-2,5H,(H2,13,14). The van der Waals surface area contributed by atoms with Gasteiger partial charge in [-0.05, 0) is 6.07 Å². The largest absolute Gasteiger partial charge is 0.368 e. The van der Waals surface area contributed by atoms with E-state index in [-0.39, 0.29) is 5.56 Å². The summed E-state index contributed by atoms with van der Waals surface area (Å²) in [4.78, 5) is 9.47. The van der Waals surface area contributed by atoms with E-state index >= 15 is 0 Å². The molecule has 1 rings (SSSR count). The molecule has 0 aliphatic rings. The Morgan fingerprint density at radius 3 is 2.36 bits per heavy atom. The molecule has 0 fully saturated rings. The van der Waals surface area contributed by atoms with Crippen LogP contribution in [0.15, 0.2) is 12.1 Å². The molecule has 0 heterocycles. The van der Waals surface area contributed by atoms with Gasteiger partial charge in [-0.3, -0.25) is 4.79 Å². The number of alkyl halides is 1. The maximum Gasteiger partial charge on any atom is 0.235 e. The fraction of sp³-hybridized carbons (Fsp3) is 0.125. The van der Waals surface area contributed by atoms with Gasteiger partial charge >= 0.3 is 0 Å². The van der Waals surface area contributed by atoms with Crippen LogP contribution in [0.1, 0.15) is 10.4 Å². The molecule has 1 atom stereocenters. The topological polar surface area (TPSA) is 43.1 Å². The molecule has 1 amide bonds. The molecular weight excluding hydrogens is 263 g/mol. The van der Waals surface area contributed by atoms with Crippen molar-refractivity contribution in [2.45, 2.75) is 4.83 Å². The lowest BCUT2D eigenvalue weighted by Crippen LogP contribution is -2.18. The number of amides is 1. The quantitative estimate of drug-likeness (QED) is 0.647. The zero-order chi connectivity index (χ0) is 10.9. The minimum Gasteiger partial charge on any atom is -0.368 e. The van der Waals surface area contributed by atoms with E-state index in [9.17, 15) is 18.0 Å². The molecule has 1 aromatic carbocycles. The molecule has 0 bridgehead atoms. The Balaban J connectivity index is 3.24. The van der Waals surface area contributed by atoms with Crippen LogP contribution in [-0.4, -0.2) is 5.91 Å². The monoisotopic (exact) mass is 267 g/mol. The van der Waals surface area contributed by atoms with Crippen LogP contribution < -0.4 is 5.73 Å². The molecule has 6 heteroatoms. The van der Waals surface area contributed by atoms with Crippen LogP contribution >= 0.6 is 15.9 Å². The van der Waals surface area contributed by atoms with Crippen molar-refractivity contribution in [1.29, 1.82) is 0 Å². The van der Waals surface area contributed by atoms with Crippen LogP contribution in [-0.2, 0) is 4.79 Å². The second-order valence-corrected chi connectivity index (χ2v) is 3.45. The Morgan fingerprint density at radius 1 is 1.29 bits per heavy atom. The Labute approximate surface area is 86.0 Å². The minimum atomic E-state index is -1.62. The molecule has 1 unspecified atom stereocenters. The number of carbonyl (C=O) groups is 1. The molecule has 76 valence electrons. The van der Waals surface area contributed by atoms with Crippen LogP contribution in [0.5, 0.6) is 0 Å². The van der Waals surface area contributed by atoms with Gasteiger partial charge in [0.2, 0.25) is 5.91 Å². The Kier molecular flexibility index (Phi) is 3.15. The molecule has 0 aliphatic carbocycles. The molecule has 14 heavy (non-hydrogen) atoms. The van der Waals surface area contributed by atoms with E-state index in [4.69, 9.17) is 5.73 Å².